The molecular weight excluding hydrogens is 373 g/mol. The Bertz CT molecular complexity index is 588. The first-order valence-electron chi connectivity index (χ1n) is 7.17. The van der Waals surface area contributed by atoms with Crippen LogP contribution in [0.15, 0.2) is 47.5 Å². The normalized spacial score (nSPS) is 11.5. The van der Waals surface area contributed by atoms with Crippen LogP contribution >= 0.6 is 24.0 Å². The predicted molar refractivity (Wildman–Crippen MR) is 102 cm³/mol. The molecule has 0 saturated carbocycles. The molecule has 0 aliphatic carbocycles. The number of guanidine groups is 1. The fraction of sp³-hybridized carbons (Fsp3) is 0.353. The van der Waals surface area contributed by atoms with Crippen LogP contribution in [0.3, 0.4) is 0 Å². The largest absolute Gasteiger partial charge is 0.370 e. The van der Waals surface area contributed by atoms with Crippen molar-refractivity contribution in [1.29, 1.82) is 0 Å². The van der Waals surface area contributed by atoms with Gasteiger partial charge in [0.25, 0.3) is 0 Å². The number of nitrogens with one attached hydrogen (secondary N) is 1. The van der Waals surface area contributed by atoms with Gasteiger partial charge in [-0.15, -0.1) is 24.0 Å². The minimum Gasteiger partial charge on any atom is -0.370 e. The Hall–Kier alpha value is -1.30. The highest BCUT2D eigenvalue weighted by atomic mass is 127. The Labute approximate surface area is 144 Å². The second-order valence-corrected chi connectivity index (χ2v) is 5.45. The number of nitrogens with two attached hydrogens (primary N) is 1. The first-order chi connectivity index (χ1) is 9.66. The maximum atomic E-state index is 5.89. The van der Waals surface area contributed by atoms with E-state index >= 15 is 0 Å². The Balaban J connectivity index is 0.00000220. The fourth-order valence-electron chi connectivity index (χ4n) is 2.15. The number of hydrogen-bond acceptors (Lipinski definition) is 1. The summed E-state index contributed by atoms with van der Waals surface area (Å²) in [6, 6.07) is 14.6. The van der Waals surface area contributed by atoms with E-state index in [1.807, 2.05) is 0 Å². The summed E-state index contributed by atoms with van der Waals surface area (Å²) >= 11 is 0. The van der Waals surface area contributed by atoms with E-state index in [-0.39, 0.29) is 24.0 Å². The lowest BCUT2D eigenvalue weighted by atomic mass is 10.1. The molecule has 0 aliphatic heterocycles. The maximum absolute atomic E-state index is 5.89. The first-order valence-corrected chi connectivity index (χ1v) is 7.17. The monoisotopic (exact) mass is 397 g/mol. The summed E-state index contributed by atoms with van der Waals surface area (Å²) in [5, 5.41) is 5.65. The lowest BCUT2D eigenvalue weighted by molar-refractivity contribution is 0.576. The molecular formula is C17H24IN3. The van der Waals surface area contributed by atoms with Gasteiger partial charge in [-0.1, -0.05) is 56.3 Å². The standard InChI is InChI=1S/C17H23N3.HI/c1-13(2)10-11-19-17(18)20-12-15-8-5-7-14-6-3-4-9-16(14)15;/h3-9,13H,10-12H2,1-2H3,(H3,18,19,20);1H. The zero-order valence-corrected chi connectivity index (χ0v) is 15.0. The van der Waals surface area contributed by atoms with Gasteiger partial charge >= 0.3 is 0 Å². The molecule has 4 heteroatoms. The topological polar surface area (TPSA) is 50.4 Å². The molecule has 0 saturated heterocycles. The van der Waals surface area contributed by atoms with E-state index in [1.165, 1.54) is 16.3 Å². The number of halogens is 1. The predicted octanol–water partition coefficient (Wildman–Crippen LogP) is 3.91. The molecule has 0 amide bonds. The van der Waals surface area contributed by atoms with Gasteiger partial charge in [0.1, 0.15) is 0 Å². The Kier molecular flexibility index (Phi) is 7.50. The quantitative estimate of drug-likeness (QED) is 0.457. The minimum absolute atomic E-state index is 0. The van der Waals surface area contributed by atoms with Gasteiger partial charge in [0.2, 0.25) is 0 Å². The summed E-state index contributed by atoms with van der Waals surface area (Å²) in [6.07, 6.45) is 1.10. The van der Waals surface area contributed by atoms with Gasteiger partial charge in [0.05, 0.1) is 6.54 Å². The number of benzene rings is 2. The Morgan fingerprint density at radius 3 is 2.62 bits per heavy atom. The number of nitrogens with zero attached hydrogens (tertiary/aromatic N) is 1. The maximum Gasteiger partial charge on any atom is 0.188 e. The van der Waals surface area contributed by atoms with E-state index in [0.717, 1.165) is 13.0 Å². The van der Waals surface area contributed by atoms with Crippen molar-refractivity contribution in [3.63, 3.8) is 0 Å². The second-order valence-electron chi connectivity index (χ2n) is 5.45. The second kappa shape index (κ2) is 8.87. The van der Waals surface area contributed by atoms with Crippen LogP contribution in [0.4, 0.5) is 0 Å². The molecule has 2 aromatic rings. The third-order valence-corrected chi connectivity index (χ3v) is 3.33. The number of fused-ring (bicyclic) bond motifs is 1. The average Bonchev–Trinajstić information content (AvgIpc) is 2.44. The van der Waals surface area contributed by atoms with Crippen LogP contribution in [-0.2, 0) is 6.54 Å². The van der Waals surface area contributed by atoms with Gasteiger partial charge < -0.3 is 11.1 Å². The molecule has 2 rings (SSSR count). The Morgan fingerprint density at radius 1 is 1.14 bits per heavy atom. The third kappa shape index (κ3) is 5.53. The van der Waals surface area contributed by atoms with Crippen LogP contribution in [0.1, 0.15) is 25.8 Å². The number of aliphatic imine (C=N–C) groups is 1. The molecule has 0 radical (unpaired) electrons. The SMILES string of the molecule is CC(C)CCNC(N)=NCc1cccc2ccccc12.I. The summed E-state index contributed by atoms with van der Waals surface area (Å²) in [7, 11) is 0. The highest BCUT2D eigenvalue weighted by Crippen LogP contribution is 2.18. The molecule has 3 nitrogen and oxygen atoms in total. The van der Waals surface area contributed by atoms with Crippen molar-refractivity contribution in [1.82, 2.24) is 5.32 Å². The molecule has 3 N–H and O–H groups in total. The summed E-state index contributed by atoms with van der Waals surface area (Å²) in [6.45, 7) is 5.89. The van der Waals surface area contributed by atoms with Crippen molar-refractivity contribution >= 4 is 40.7 Å². The van der Waals surface area contributed by atoms with Crippen LogP contribution in [-0.4, -0.2) is 12.5 Å². The summed E-state index contributed by atoms with van der Waals surface area (Å²) in [5.74, 6) is 1.20. The van der Waals surface area contributed by atoms with Gasteiger partial charge in [0.15, 0.2) is 5.96 Å². The molecule has 2 aromatic carbocycles. The van der Waals surface area contributed by atoms with E-state index < -0.39 is 0 Å². The summed E-state index contributed by atoms with van der Waals surface area (Å²) < 4.78 is 0. The lowest BCUT2D eigenvalue weighted by Crippen LogP contribution is -2.32. The molecule has 0 heterocycles. The van der Waals surface area contributed by atoms with Gasteiger partial charge in [-0.3, -0.25) is 0 Å². The average molecular weight is 397 g/mol. The van der Waals surface area contributed by atoms with E-state index in [9.17, 15) is 0 Å². The van der Waals surface area contributed by atoms with Crippen molar-refractivity contribution in [2.45, 2.75) is 26.8 Å². The van der Waals surface area contributed by atoms with Crippen LogP contribution in [0, 0.1) is 5.92 Å². The zero-order chi connectivity index (χ0) is 14.4. The van der Waals surface area contributed by atoms with Gasteiger partial charge in [-0.2, -0.15) is 0 Å². The zero-order valence-electron chi connectivity index (χ0n) is 12.7. The number of rotatable bonds is 5. The third-order valence-electron chi connectivity index (χ3n) is 3.33. The van der Waals surface area contributed by atoms with Crippen molar-refractivity contribution in [2.24, 2.45) is 16.6 Å². The molecule has 21 heavy (non-hydrogen) atoms. The van der Waals surface area contributed by atoms with E-state index in [4.69, 9.17) is 5.73 Å². The van der Waals surface area contributed by atoms with Crippen LogP contribution in [0.25, 0.3) is 10.8 Å². The molecule has 0 unspecified atom stereocenters. The van der Waals surface area contributed by atoms with Crippen molar-refractivity contribution in [3.05, 3.63) is 48.0 Å². The van der Waals surface area contributed by atoms with Gasteiger partial charge in [0, 0.05) is 6.54 Å². The first kappa shape index (κ1) is 17.8. The van der Waals surface area contributed by atoms with Crippen LogP contribution < -0.4 is 11.1 Å². The Morgan fingerprint density at radius 2 is 1.86 bits per heavy atom. The molecule has 0 atom stereocenters. The van der Waals surface area contributed by atoms with Gasteiger partial charge in [-0.05, 0) is 28.7 Å². The molecule has 0 aromatic heterocycles. The minimum atomic E-state index is 0. The fourth-order valence-corrected chi connectivity index (χ4v) is 2.15. The highest BCUT2D eigenvalue weighted by molar-refractivity contribution is 14.0. The molecule has 0 fully saturated rings. The van der Waals surface area contributed by atoms with Gasteiger partial charge in [-0.25, -0.2) is 4.99 Å². The van der Waals surface area contributed by atoms with Crippen LogP contribution in [0.2, 0.25) is 0 Å². The van der Waals surface area contributed by atoms with E-state index in [2.05, 4.69) is 66.6 Å². The smallest absolute Gasteiger partial charge is 0.188 e. The lowest BCUT2D eigenvalue weighted by Gasteiger charge is -2.08. The van der Waals surface area contributed by atoms with Crippen LogP contribution in [0.5, 0.6) is 0 Å². The molecule has 114 valence electrons. The molecule has 0 bridgehead atoms. The van der Waals surface area contributed by atoms with Crippen molar-refractivity contribution in [3.8, 4) is 0 Å². The van der Waals surface area contributed by atoms with E-state index in [1.54, 1.807) is 0 Å². The summed E-state index contributed by atoms with van der Waals surface area (Å²) in [5.41, 5.74) is 7.10. The van der Waals surface area contributed by atoms with Crippen molar-refractivity contribution < 1.29 is 0 Å². The molecule has 0 aliphatic rings. The van der Waals surface area contributed by atoms with Crippen molar-refractivity contribution in [2.75, 3.05) is 6.54 Å². The van der Waals surface area contributed by atoms with E-state index in [0.29, 0.717) is 18.4 Å². The number of hydrogen-bond donors (Lipinski definition) is 2. The highest BCUT2D eigenvalue weighted by Gasteiger charge is 2.00. The summed E-state index contributed by atoms with van der Waals surface area (Å²) in [4.78, 5) is 4.42. The molecule has 0 spiro atoms.